The first-order valence-corrected chi connectivity index (χ1v) is 8.89. The topological polar surface area (TPSA) is 65.7 Å². The van der Waals surface area contributed by atoms with Gasteiger partial charge in [0.15, 0.2) is 5.70 Å². The molecule has 0 saturated heterocycles. The van der Waals surface area contributed by atoms with E-state index in [1.54, 1.807) is 24.3 Å². The van der Waals surface area contributed by atoms with Crippen LogP contribution in [-0.4, -0.2) is 25.5 Å². The van der Waals surface area contributed by atoms with Crippen LogP contribution in [0, 0.1) is 11.3 Å². The molecule has 136 valence electrons. The molecule has 0 amide bonds. The second-order valence-corrected chi connectivity index (χ2v) is 6.70. The minimum absolute atomic E-state index is 0.192. The monoisotopic (exact) mass is 399 g/mol. The van der Waals surface area contributed by atoms with Crippen molar-refractivity contribution in [3.8, 4) is 6.07 Å². The van der Waals surface area contributed by atoms with Gasteiger partial charge in [0.1, 0.15) is 0 Å². The summed E-state index contributed by atoms with van der Waals surface area (Å²) >= 11 is 11.9. The number of hydrogen-bond acceptors (Lipinski definition) is 5. The van der Waals surface area contributed by atoms with Crippen LogP contribution in [0.4, 0.5) is 5.69 Å². The van der Waals surface area contributed by atoms with E-state index in [1.165, 1.54) is 0 Å². The van der Waals surface area contributed by atoms with E-state index in [9.17, 15) is 4.79 Å². The van der Waals surface area contributed by atoms with Crippen molar-refractivity contribution in [3.05, 3.63) is 69.3 Å². The molecule has 2 aromatic rings. The average molecular weight is 400 g/mol. The summed E-state index contributed by atoms with van der Waals surface area (Å²) in [6.07, 6.45) is 2.12. The van der Waals surface area contributed by atoms with E-state index in [1.807, 2.05) is 36.2 Å². The first-order valence-electron chi connectivity index (χ1n) is 8.14. The molecule has 0 atom stereocenters. The van der Waals surface area contributed by atoms with E-state index in [2.05, 4.69) is 11.1 Å². The second kappa shape index (κ2) is 8.26. The van der Waals surface area contributed by atoms with Gasteiger partial charge in [-0.25, -0.2) is 9.79 Å². The number of cyclic esters (lactones) is 1. The SMILES string of the molecule is CN(CCC#N)c1ccc(/C=C2\N=C(c3ccc(Cl)c(Cl)c3)OC2=O)cc1. The van der Waals surface area contributed by atoms with Crippen LogP contribution in [0.5, 0.6) is 0 Å². The summed E-state index contributed by atoms with van der Waals surface area (Å²) in [6.45, 7) is 0.653. The molecule has 0 bridgehead atoms. The maximum atomic E-state index is 12.1. The van der Waals surface area contributed by atoms with Crippen molar-refractivity contribution in [1.29, 1.82) is 5.26 Å². The van der Waals surface area contributed by atoms with Gasteiger partial charge in [-0.1, -0.05) is 35.3 Å². The molecule has 2 aromatic carbocycles. The lowest BCUT2D eigenvalue weighted by Gasteiger charge is -2.17. The molecule has 3 rings (SSSR count). The number of carbonyl (C=O) groups excluding carboxylic acids is 1. The highest BCUT2D eigenvalue weighted by Gasteiger charge is 2.24. The molecular weight excluding hydrogens is 385 g/mol. The lowest BCUT2D eigenvalue weighted by atomic mass is 10.1. The van der Waals surface area contributed by atoms with Gasteiger partial charge in [-0.05, 0) is 42.0 Å². The normalized spacial score (nSPS) is 14.7. The van der Waals surface area contributed by atoms with Crippen molar-refractivity contribution >= 4 is 46.8 Å². The van der Waals surface area contributed by atoms with Crippen LogP contribution >= 0.6 is 23.2 Å². The van der Waals surface area contributed by atoms with Crippen molar-refractivity contribution in [2.45, 2.75) is 6.42 Å². The lowest BCUT2D eigenvalue weighted by Crippen LogP contribution is -2.17. The van der Waals surface area contributed by atoms with Gasteiger partial charge in [-0.15, -0.1) is 0 Å². The molecule has 1 aliphatic heterocycles. The molecule has 1 aliphatic rings. The molecule has 27 heavy (non-hydrogen) atoms. The van der Waals surface area contributed by atoms with Gasteiger partial charge >= 0.3 is 5.97 Å². The number of halogens is 2. The lowest BCUT2D eigenvalue weighted by molar-refractivity contribution is -0.129. The van der Waals surface area contributed by atoms with Gasteiger partial charge in [0.2, 0.25) is 5.90 Å². The molecule has 7 heteroatoms. The van der Waals surface area contributed by atoms with Crippen molar-refractivity contribution in [2.75, 3.05) is 18.5 Å². The number of carbonyl (C=O) groups is 1. The van der Waals surface area contributed by atoms with Crippen molar-refractivity contribution in [3.63, 3.8) is 0 Å². The number of ether oxygens (including phenoxy) is 1. The molecule has 5 nitrogen and oxygen atoms in total. The number of rotatable bonds is 5. The van der Waals surface area contributed by atoms with Crippen molar-refractivity contribution in [1.82, 2.24) is 0 Å². The number of benzene rings is 2. The molecule has 0 aromatic heterocycles. The minimum atomic E-state index is -0.522. The van der Waals surface area contributed by atoms with Crippen LogP contribution in [0.15, 0.2) is 53.2 Å². The van der Waals surface area contributed by atoms with Gasteiger partial charge in [-0.2, -0.15) is 5.26 Å². The van der Waals surface area contributed by atoms with Crippen LogP contribution in [-0.2, 0) is 9.53 Å². The van der Waals surface area contributed by atoms with Gasteiger partial charge < -0.3 is 9.64 Å². The second-order valence-electron chi connectivity index (χ2n) is 5.89. The van der Waals surface area contributed by atoms with Crippen LogP contribution in [0.2, 0.25) is 10.0 Å². The Morgan fingerprint density at radius 1 is 1.19 bits per heavy atom. The average Bonchev–Trinajstić information content (AvgIpc) is 3.03. The zero-order chi connectivity index (χ0) is 19.4. The molecule has 0 fully saturated rings. The Morgan fingerprint density at radius 2 is 1.93 bits per heavy atom. The highest BCUT2D eigenvalue weighted by atomic mass is 35.5. The fourth-order valence-electron chi connectivity index (χ4n) is 2.49. The summed E-state index contributed by atoms with van der Waals surface area (Å²) in [5.41, 5.74) is 2.59. The molecule has 0 aliphatic carbocycles. The van der Waals surface area contributed by atoms with Crippen LogP contribution in [0.25, 0.3) is 6.08 Å². The standard InChI is InChI=1S/C20H15Cl2N3O2/c1-25(10-2-9-23)15-6-3-13(4-7-15)11-18-20(26)27-19(24-18)14-5-8-16(21)17(22)12-14/h3-8,11-12H,2,10H2,1H3/b18-11-. The van der Waals surface area contributed by atoms with Crippen molar-refractivity contribution < 1.29 is 9.53 Å². The zero-order valence-electron chi connectivity index (χ0n) is 14.4. The minimum Gasteiger partial charge on any atom is -0.402 e. The third kappa shape index (κ3) is 4.48. The third-order valence-electron chi connectivity index (χ3n) is 3.98. The summed E-state index contributed by atoms with van der Waals surface area (Å²) in [5, 5.41) is 9.45. The summed E-state index contributed by atoms with van der Waals surface area (Å²) in [7, 11) is 1.92. The predicted octanol–water partition coefficient (Wildman–Crippen LogP) is 4.69. The number of nitrogens with zero attached hydrogens (tertiary/aromatic N) is 3. The Bertz CT molecular complexity index is 976. The smallest absolute Gasteiger partial charge is 0.363 e. The van der Waals surface area contributed by atoms with Crippen LogP contribution < -0.4 is 4.90 Å². The largest absolute Gasteiger partial charge is 0.402 e. The number of anilines is 1. The van der Waals surface area contributed by atoms with Gasteiger partial charge in [0.25, 0.3) is 0 Å². The molecule has 0 unspecified atom stereocenters. The molecule has 0 spiro atoms. The molecule has 0 radical (unpaired) electrons. The maximum absolute atomic E-state index is 12.1. The van der Waals surface area contributed by atoms with E-state index in [0.717, 1.165) is 11.3 Å². The number of hydrogen-bond donors (Lipinski definition) is 0. The van der Waals surface area contributed by atoms with Gasteiger partial charge in [0.05, 0.1) is 22.5 Å². The Hall–Kier alpha value is -2.81. The number of aliphatic imine (C=N–C) groups is 1. The summed E-state index contributed by atoms with van der Waals surface area (Å²) in [4.78, 5) is 18.4. The quantitative estimate of drug-likeness (QED) is 0.540. The zero-order valence-corrected chi connectivity index (χ0v) is 16.0. The fourth-order valence-corrected chi connectivity index (χ4v) is 2.79. The first-order chi connectivity index (χ1) is 13.0. The third-order valence-corrected chi connectivity index (χ3v) is 4.72. The van der Waals surface area contributed by atoms with Gasteiger partial charge in [-0.3, -0.25) is 0 Å². The fraction of sp³-hybridized carbons (Fsp3) is 0.150. The van der Waals surface area contributed by atoms with Crippen LogP contribution in [0.3, 0.4) is 0 Å². The summed E-state index contributed by atoms with van der Waals surface area (Å²) < 4.78 is 5.24. The highest BCUT2D eigenvalue weighted by Crippen LogP contribution is 2.26. The van der Waals surface area contributed by atoms with E-state index in [-0.39, 0.29) is 11.6 Å². The Labute approximate surface area is 167 Å². The Kier molecular flexibility index (Phi) is 5.80. The molecule has 1 heterocycles. The molecule has 0 saturated carbocycles. The van der Waals surface area contributed by atoms with E-state index < -0.39 is 5.97 Å². The highest BCUT2D eigenvalue weighted by molar-refractivity contribution is 6.42. The van der Waals surface area contributed by atoms with E-state index in [4.69, 9.17) is 33.2 Å². The summed E-state index contributed by atoms with van der Waals surface area (Å²) in [6, 6.07) is 14.6. The van der Waals surface area contributed by atoms with Gasteiger partial charge in [0, 0.05) is 24.8 Å². The Morgan fingerprint density at radius 3 is 2.59 bits per heavy atom. The summed E-state index contributed by atoms with van der Waals surface area (Å²) in [5.74, 6) is -0.330. The van der Waals surface area contributed by atoms with Crippen LogP contribution in [0.1, 0.15) is 17.5 Å². The molecular formula is C20H15Cl2N3O2. The molecule has 0 N–H and O–H groups in total. The predicted molar refractivity (Wildman–Crippen MR) is 107 cm³/mol. The Balaban J connectivity index is 1.80. The number of nitriles is 1. The maximum Gasteiger partial charge on any atom is 0.363 e. The van der Waals surface area contributed by atoms with E-state index in [0.29, 0.717) is 28.6 Å². The van der Waals surface area contributed by atoms with Crippen molar-refractivity contribution in [2.24, 2.45) is 4.99 Å². The number of esters is 1. The first kappa shape index (κ1) is 19.0. The van der Waals surface area contributed by atoms with E-state index >= 15 is 0 Å².